The van der Waals surface area contributed by atoms with Crippen LogP contribution in [-0.2, 0) is 51.2 Å². The van der Waals surface area contributed by atoms with Gasteiger partial charge in [-0.05, 0) is 43.0 Å². The van der Waals surface area contributed by atoms with Gasteiger partial charge in [0.2, 0.25) is 41.4 Å². The van der Waals surface area contributed by atoms with E-state index >= 15 is 0 Å². The van der Waals surface area contributed by atoms with E-state index in [0.29, 0.717) is 11.1 Å². The van der Waals surface area contributed by atoms with E-state index in [2.05, 4.69) is 31.9 Å². The Morgan fingerprint density at radius 2 is 1.07 bits per heavy atom. The number of phenols is 1. The lowest BCUT2D eigenvalue weighted by molar-refractivity contribution is -0.145. The topological polar surface area (TPSA) is 342 Å². The van der Waals surface area contributed by atoms with Gasteiger partial charge in [-0.25, -0.2) is 4.79 Å². The van der Waals surface area contributed by atoms with Crippen LogP contribution in [0.2, 0.25) is 0 Å². The normalized spacial score (nSPS) is 15.2. The van der Waals surface area contributed by atoms with Crippen molar-refractivity contribution in [3.8, 4) is 5.75 Å². The highest BCUT2D eigenvalue weighted by molar-refractivity contribution is 5.98. The van der Waals surface area contributed by atoms with Gasteiger partial charge in [-0.2, -0.15) is 0 Å². The number of aliphatic hydroxyl groups is 2. The summed E-state index contributed by atoms with van der Waals surface area (Å²) in [6, 6.07) is 3.61. The summed E-state index contributed by atoms with van der Waals surface area (Å²) in [5, 5.41) is 52.9. The molecule has 14 N–H and O–H groups in total. The summed E-state index contributed by atoms with van der Waals surface area (Å²) in [7, 11) is 0. The van der Waals surface area contributed by atoms with Gasteiger partial charge in [0, 0.05) is 12.8 Å². The van der Waals surface area contributed by atoms with Crippen LogP contribution in [0.25, 0.3) is 0 Å². The number of aliphatic carboxylic acids is 1. The molecular weight excluding hydrogens is 748 g/mol. The van der Waals surface area contributed by atoms with Crippen LogP contribution in [-0.4, -0.2) is 123 Å². The molecular formula is C37H52N8O12. The molecule has 7 amide bonds. The number of nitrogens with two attached hydrogens (primary N) is 2. The highest BCUT2D eigenvalue weighted by Crippen LogP contribution is 2.13. The zero-order valence-electron chi connectivity index (χ0n) is 31.9. The second-order valence-electron chi connectivity index (χ2n) is 13.7. The zero-order chi connectivity index (χ0) is 43.0. The summed E-state index contributed by atoms with van der Waals surface area (Å²) in [5.41, 5.74) is 12.2. The molecule has 0 aromatic heterocycles. The Labute approximate surface area is 328 Å². The number of aliphatic hydroxyl groups excluding tert-OH is 2. The molecule has 0 heterocycles. The number of aromatic hydroxyl groups is 1. The summed E-state index contributed by atoms with van der Waals surface area (Å²) in [5.74, 6) is -8.68. The minimum Gasteiger partial charge on any atom is -0.508 e. The average molecular weight is 801 g/mol. The third kappa shape index (κ3) is 15.5. The average Bonchev–Trinajstić information content (AvgIpc) is 3.15. The summed E-state index contributed by atoms with van der Waals surface area (Å²) < 4.78 is 0. The number of amides is 7. The van der Waals surface area contributed by atoms with E-state index in [-0.39, 0.29) is 24.5 Å². The summed E-state index contributed by atoms with van der Waals surface area (Å²) in [6.07, 6.45) is -2.69. The summed E-state index contributed by atoms with van der Waals surface area (Å²) >= 11 is 0. The Bertz CT molecular complexity index is 1720. The number of benzene rings is 2. The van der Waals surface area contributed by atoms with Gasteiger partial charge in [-0.1, -0.05) is 56.3 Å². The monoisotopic (exact) mass is 800 g/mol. The molecule has 0 bridgehead atoms. The molecule has 0 radical (unpaired) electrons. The fourth-order valence-corrected chi connectivity index (χ4v) is 5.17. The van der Waals surface area contributed by atoms with Crippen LogP contribution >= 0.6 is 0 Å². The van der Waals surface area contributed by atoms with Gasteiger partial charge in [0.15, 0.2) is 6.04 Å². The molecule has 0 aliphatic rings. The molecule has 312 valence electrons. The molecule has 0 saturated heterocycles. The molecule has 2 aromatic carbocycles. The predicted octanol–water partition coefficient (Wildman–Crippen LogP) is -3.58. The molecule has 2 rings (SSSR count). The molecule has 2 aromatic rings. The fraction of sp³-hybridized carbons (Fsp3) is 0.459. The number of primary amides is 1. The van der Waals surface area contributed by atoms with Crippen molar-refractivity contribution >= 4 is 47.3 Å². The molecule has 0 fully saturated rings. The van der Waals surface area contributed by atoms with Gasteiger partial charge in [0.1, 0.15) is 36.0 Å². The first-order chi connectivity index (χ1) is 26.7. The van der Waals surface area contributed by atoms with Crippen molar-refractivity contribution in [2.75, 3.05) is 6.61 Å². The largest absolute Gasteiger partial charge is 0.508 e. The van der Waals surface area contributed by atoms with Crippen molar-refractivity contribution in [2.24, 2.45) is 17.4 Å². The van der Waals surface area contributed by atoms with Crippen LogP contribution in [0.4, 0.5) is 0 Å². The number of rotatable bonds is 22. The van der Waals surface area contributed by atoms with E-state index in [1.807, 2.05) is 0 Å². The van der Waals surface area contributed by atoms with E-state index < -0.39 is 109 Å². The van der Waals surface area contributed by atoms with Gasteiger partial charge in [0.25, 0.3) is 0 Å². The number of hydrogen-bond acceptors (Lipinski definition) is 12. The van der Waals surface area contributed by atoms with Crippen LogP contribution in [0, 0.1) is 5.92 Å². The summed E-state index contributed by atoms with van der Waals surface area (Å²) in [4.78, 5) is 103. The minimum atomic E-state index is -1.77. The van der Waals surface area contributed by atoms with Crippen LogP contribution in [0.5, 0.6) is 5.75 Å². The maximum atomic E-state index is 13.6. The molecule has 57 heavy (non-hydrogen) atoms. The van der Waals surface area contributed by atoms with Crippen LogP contribution in [0.1, 0.15) is 45.2 Å². The van der Waals surface area contributed by atoms with Crippen molar-refractivity contribution in [1.82, 2.24) is 31.9 Å². The Morgan fingerprint density at radius 3 is 1.54 bits per heavy atom. The second kappa shape index (κ2) is 22.4. The number of carbonyl (C=O) groups excluding carboxylic acids is 7. The second-order valence-corrected chi connectivity index (χ2v) is 13.7. The first-order valence-electron chi connectivity index (χ1n) is 17.9. The number of carboxylic acids is 1. The van der Waals surface area contributed by atoms with Crippen LogP contribution in [0.3, 0.4) is 0 Å². The molecule has 8 atom stereocenters. The SMILES string of the molecule is CC(C)[C@H](N)C(=O)N[C@@H](CO)C(=O)N[C@@H](Cc1ccccc1)C(=O)N[C@@H](C)C(=O)N[C@@H](CC(N)=O)C(=O)N[C@@H](Cc1ccc(O)cc1)C(=O)N[C@H](C(=O)O)[C@@H](C)O. The highest BCUT2D eigenvalue weighted by atomic mass is 16.4. The number of nitrogens with one attached hydrogen (secondary N) is 6. The van der Waals surface area contributed by atoms with Crippen molar-refractivity contribution in [3.63, 3.8) is 0 Å². The number of carbonyl (C=O) groups is 8. The number of hydrogen-bond donors (Lipinski definition) is 12. The zero-order valence-corrected chi connectivity index (χ0v) is 31.9. The minimum absolute atomic E-state index is 0.0979. The van der Waals surface area contributed by atoms with Gasteiger partial charge in [-0.15, -0.1) is 0 Å². The Hall–Kier alpha value is -6.12. The summed E-state index contributed by atoms with van der Waals surface area (Å²) in [6.45, 7) is 4.90. The van der Waals surface area contributed by atoms with Gasteiger partial charge in [-0.3, -0.25) is 33.6 Å². The standard InChI is InChI=1S/C37H52N8O12/c1-18(2)29(39)36(55)44-27(17-46)35(54)43-24(14-21-8-6-5-7-9-21)32(51)40-19(3)31(50)41-26(16-28(38)49)33(52)42-25(15-22-10-12-23(48)13-11-22)34(53)45-30(20(4)47)37(56)57/h5-13,18-20,24-27,29-30,46-48H,14-17,39H2,1-4H3,(H2,38,49)(H,40,51)(H,41,50)(H,42,52)(H,43,54)(H,44,55)(H,45,53)(H,56,57)/t19-,20+,24-,25-,26-,27-,29-,30-/m0/s1. The first-order valence-corrected chi connectivity index (χ1v) is 17.9. The lowest BCUT2D eigenvalue weighted by atomic mass is 10.0. The molecule has 20 heteroatoms. The first kappa shape index (κ1) is 47.0. The smallest absolute Gasteiger partial charge is 0.328 e. The Morgan fingerprint density at radius 1 is 0.614 bits per heavy atom. The van der Waals surface area contributed by atoms with E-state index in [0.717, 1.165) is 6.92 Å². The highest BCUT2D eigenvalue weighted by Gasteiger charge is 2.34. The van der Waals surface area contributed by atoms with Gasteiger partial charge >= 0.3 is 5.97 Å². The number of phenolic OH excluding ortho intramolecular Hbond substituents is 1. The molecule has 0 unspecified atom stereocenters. The van der Waals surface area contributed by atoms with Crippen molar-refractivity contribution in [1.29, 1.82) is 0 Å². The maximum absolute atomic E-state index is 13.6. The molecule has 0 aliphatic carbocycles. The van der Waals surface area contributed by atoms with Crippen molar-refractivity contribution < 1.29 is 58.8 Å². The van der Waals surface area contributed by atoms with Crippen LogP contribution < -0.4 is 43.4 Å². The van der Waals surface area contributed by atoms with Crippen molar-refractivity contribution in [3.05, 3.63) is 65.7 Å². The third-order valence-electron chi connectivity index (χ3n) is 8.60. The molecule has 0 spiro atoms. The quantitative estimate of drug-likeness (QED) is 0.0549. The lowest BCUT2D eigenvalue weighted by Gasteiger charge is -2.26. The van der Waals surface area contributed by atoms with E-state index in [4.69, 9.17) is 11.5 Å². The molecule has 0 saturated carbocycles. The predicted molar refractivity (Wildman–Crippen MR) is 202 cm³/mol. The van der Waals surface area contributed by atoms with Gasteiger partial charge in [0.05, 0.1) is 25.2 Å². The van der Waals surface area contributed by atoms with E-state index in [1.54, 1.807) is 44.2 Å². The maximum Gasteiger partial charge on any atom is 0.328 e. The Kier molecular flexibility index (Phi) is 18.5. The fourth-order valence-electron chi connectivity index (χ4n) is 5.17. The van der Waals surface area contributed by atoms with Gasteiger partial charge < -0.3 is 63.8 Å². The molecule has 0 aliphatic heterocycles. The van der Waals surface area contributed by atoms with Crippen molar-refractivity contribution in [2.45, 2.75) is 95.4 Å². The third-order valence-corrected chi connectivity index (χ3v) is 8.60. The van der Waals surface area contributed by atoms with E-state index in [1.165, 1.54) is 31.2 Å². The lowest BCUT2D eigenvalue weighted by Crippen LogP contribution is -2.60. The number of carboxylic acid groups (broad SMARTS) is 1. The Balaban J connectivity index is 2.29. The molecule has 20 nitrogen and oxygen atoms in total. The van der Waals surface area contributed by atoms with Crippen LogP contribution in [0.15, 0.2) is 54.6 Å². The van der Waals surface area contributed by atoms with E-state index in [9.17, 15) is 58.8 Å².